The molecule has 2 nitrogen and oxygen atoms in total. The fourth-order valence-electron chi connectivity index (χ4n) is 2.53. The number of hydrogen-bond donors (Lipinski definition) is 1. The summed E-state index contributed by atoms with van der Waals surface area (Å²) >= 11 is 0. The molecule has 0 aliphatic heterocycles. The molecule has 1 amide bonds. The summed E-state index contributed by atoms with van der Waals surface area (Å²) < 4.78 is 50.5. The third-order valence-electron chi connectivity index (χ3n) is 4.05. The van der Waals surface area contributed by atoms with E-state index in [0.29, 0.717) is 24.1 Å². The summed E-state index contributed by atoms with van der Waals surface area (Å²) in [5.74, 6) is -0.670. The quantitative estimate of drug-likeness (QED) is 0.827. The van der Waals surface area contributed by atoms with E-state index in [0.717, 1.165) is 12.1 Å². The van der Waals surface area contributed by atoms with Gasteiger partial charge in [-0.15, -0.1) is 0 Å². The fraction of sp³-hybridized carbons (Fsp3) is 0.235. The van der Waals surface area contributed by atoms with E-state index in [9.17, 15) is 22.4 Å². The molecule has 0 spiro atoms. The minimum Gasteiger partial charge on any atom is -0.325 e. The average Bonchev–Trinajstić information content (AvgIpc) is 3.29. The molecule has 6 heteroatoms. The molecule has 1 saturated carbocycles. The molecule has 1 aliphatic rings. The molecule has 3 rings (SSSR count). The maximum Gasteiger partial charge on any atom is 0.416 e. The van der Waals surface area contributed by atoms with Crippen LogP contribution in [0.15, 0.2) is 48.5 Å². The van der Waals surface area contributed by atoms with Crippen molar-refractivity contribution < 1.29 is 22.4 Å². The maximum atomic E-state index is 13.0. The zero-order valence-corrected chi connectivity index (χ0v) is 12.0. The second kappa shape index (κ2) is 5.37. The van der Waals surface area contributed by atoms with Crippen LogP contribution in [0.3, 0.4) is 0 Å². The third-order valence-corrected chi connectivity index (χ3v) is 4.05. The fourth-order valence-corrected chi connectivity index (χ4v) is 2.53. The van der Waals surface area contributed by atoms with Gasteiger partial charge in [0.1, 0.15) is 5.82 Å². The zero-order chi connectivity index (χ0) is 16.7. The summed E-state index contributed by atoms with van der Waals surface area (Å²) in [7, 11) is 0. The number of carbonyl (C=O) groups is 1. The van der Waals surface area contributed by atoms with E-state index >= 15 is 0 Å². The molecule has 120 valence electrons. The number of anilines is 1. The monoisotopic (exact) mass is 323 g/mol. The van der Waals surface area contributed by atoms with Crippen LogP contribution in [-0.4, -0.2) is 5.91 Å². The van der Waals surface area contributed by atoms with E-state index < -0.39 is 17.2 Å². The van der Waals surface area contributed by atoms with E-state index in [1.807, 2.05) is 0 Å². The average molecular weight is 323 g/mol. The number of halogens is 4. The Morgan fingerprint density at radius 1 is 0.957 bits per heavy atom. The van der Waals surface area contributed by atoms with Crippen molar-refractivity contribution in [3.05, 3.63) is 65.5 Å². The first-order valence-corrected chi connectivity index (χ1v) is 7.06. The van der Waals surface area contributed by atoms with Crippen LogP contribution in [0.4, 0.5) is 23.2 Å². The highest BCUT2D eigenvalue weighted by Gasteiger charge is 2.51. The Balaban J connectivity index is 1.75. The normalized spacial score (nSPS) is 16.0. The van der Waals surface area contributed by atoms with E-state index in [4.69, 9.17) is 0 Å². The van der Waals surface area contributed by atoms with Crippen molar-refractivity contribution in [1.82, 2.24) is 0 Å². The molecular formula is C17H13F4NO. The van der Waals surface area contributed by atoms with Crippen molar-refractivity contribution in [3.8, 4) is 0 Å². The van der Waals surface area contributed by atoms with Crippen molar-refractivity contribution in [3.63, 3.8) is 0 Å². The lowest BCUT2D eigenvalue weighted by Gasteiger charge is -2.16. The minimum absolute atomic E-state index is 0.288. The van der Waals surface area contributed by atoms with Gasteiger partial charge in [0.2, 0.25) is 5.91 Å². The topological polar surface area (TPSA) is 29.1 Å². The van der Waals surface area contributed by atoms with Gasteiger partial charge >= 0.3 is 6.18 Å². The van der Waals surface area contributed by atoms with E-state index in [1.54, 1.807) is 12.1 Å². The van der Waals surface area contributed by atoms with Crippen molar-refractivity contribution in [2.45, 2.75) is 24.4 Å². The van der Waals surface area contributed by atoms with Crippen molar-refractivity contribution >= 4 is 11.6 Å². The highest BCUT2D eigenvalue weighted by molar-refractivity contribution is 6.01. The van der Waals surface area contributed by atoms with Crippen LogP contribution in [0.1, 0.15) is 24.0 Å². The van der Waals surface area contributed by atoms with Crippen LogP contribution >= 0.6 is 0 Å². The smallest absolute Gasteiger partial charge is 0.325 e. The second-order valence-electron chi connectivity index (χ2n) is 5.62. The van der Waals surface area contributed by atoms with E-state index in [1.165, 1.54) is 24.3 Å². The Morgan fingerprint density at radius 3 is 2.00 bits per heavy atom. The predicted molar refractivity (Wildman–Crippen MR) is 77.4 cm³/mol. The minimum atomic E-state index is -4.41. The summed E-state index contributed by atoms with van der Waals surface area (Å²) in [6.45, 7) is 0. The van der Waals surface area contributed by atoms with Crippen LogP contribution in [0.5, 0.6) is 0 Å². The summed E-state index contributed by atoms with van der Waals surface area (Å²) in [5, 5.41) is 2.64. The second-order valence-corrected chi connectivity index (χ2v) is 5.62. The number of carbonyl (C=O) groups excluding carboxylic acids is 1. The van der Waals surface area contributed by atoms with Gasteiger partial charge in [-0.3, -0.25) is 4.79 Å². The molecule has 2 aromatic rings. The van der Waals surface area contributed by atoms with Gasteiger partial charge in [-0.2, -0.15) is 13.2 Å². The summed E-state index contributed by atoms with van der Waals surface area (Å²) in [6, 6.07) is 10.0. The van der Waals surface area contributed by atoms with Crippen molar-refractivity contribution in [2.24, 2.45) is 0 Å². The first-order chi connectivity index (χ1) is 10.8. The lowest BCUT2D eigenvalue weighted by atomic mass is 9.95. The molecule has 0 bridgehead atoms. The molecule has 2 aromatic carbocycles. The van der Waals surface area contributed by atoms with Crippen LogP contribution < -0.4 is 5.32 Å². The number of alkyl halides is 3. The molecule has 1 fully saturated rings. The Morgan fingerprint density at radius 2 is 1.52 bits per heavy atom. The highest BCUT2D eigenvalue weighted by Crippen LogP contribution is 2.49. The van der Waals surface area contributed by atoms with E-state index in [2.05, 4.69) is 5.32 Å². The predicted octanol–water partition coefficient (Wildman–Crippen LogP) is 4.51. The van der Waals surface area contributed by atoms with Crippen LogP contribution in [-0.2, 0) is 16.4 Å². The number of benzene rings is 2. The Kier molecular flexibility index (Phi) is 3.62. The Hall–Kier alpha value is -2.37. The Bertz CT molecular complexity index is 716. The number of nitrogens with one attached hydrogen (secondary N) is 1. The van der Waals surface area contributed by atoms with Gasteiger partial charge in [0.15, 0.2) is 0 Å². The Labute approximate surface area is 130 Å². The SMILES string of the molecule is O=C(Nc1ccc(C(F)(F)F)cc1)C1(c2ccc(F)cc2)CC1. The molecule has 0 atom stereocenters. The largest absolute Gasteiger partial charge is 0.416 e. The van der Waals surface area contributed by atoms with E-state index in [-0.39, 0.29) is 11.7 Å². The van der Waals surface area contributed by atoms with Gasteiger partial charge in [-0.25, -0.2) is 4.39 Å². The van der Waals surface area contributed by atoms with Gasteiger partial charge in [0.05, 0.1) is 11.0 Å². The van der Waals surface area contributed by atoms with Crippen molar-refractivity contribution in [1.29, 1.82) is 0 Å². The maximum absolute atomic E-state index is 13.0. The van der Waals surface area contributed by atoms with Crippen molar-refractivity contribution in [2.75, 3.05) is 5.32 Å². The number of rotatable bonds is 3. The number of amides is 1. The lowest BCUT2D eigenvalue weighted by Crippen LogP contribution is -2.27. The molecule has 0 radical (unpaired) electrons. The first kappa shape index (κ1) is 15.5. The molecule has 0 saturated heterocycles. The number of hydrogen-bond acceptors (Lipinski definition) is 1. The van der Waals surface area contributed by atoms with Crippen LogP contribution in [0.2, 0.25) is 0 Å². The van der Waals surface area contributed by atoms with Gasteiger partial charge in [-0.1, -0.05) is 12.1 Å². The molecule has 23 heavy (non-hydrogen) atoms. The zero-order valence-electron chi connectivity index (χ0n) is 12.0. The van der Waals surface area contributed by atoms with Gasteiger partial charge in [0.25, 0.3) is 0 Å². The molecule has 0 aromatic heterocycles. The molecule has 0 unspecified atom stereocenters. The summed E-state index contributed by atoms with van der Waals surface area (Å²) in [5.41, 5.74) is -0.467. The molecular weight excluding hydrogens is 310 g/mol. The van der Waals surface area contributed by atoms with Gasteiger partial charge < -0.3 is 5.32 Å². The van der Waals surface area contributed by atoms with Gasteiger partial charge in [0, 0.05) is 5.69 Å². The molecule has 0 heterocycles. The van der Waals surface area contributed by atoms with Gasteiger partial charge in [-0.05, 0) is 54.8 Å². The van der Waals surface area contributed by atoms with Crippen LogP contribution in [0, 0.1) is 5.82 Å². The summed E-state index contributed by atoms with van der Waals surface area (Å²) in [4.78, 5) is 12.4. The lowest BCUT2D eigenvalue weighted by molar-refractivity contribution is -0.137. The summed E-state index contributed by atoms with van der Waals surface area (Å²) in [6.07, 6.45) is -3.15. The molecule has 1 aliphatic carbocycles. The third kappa shape index (κ3) is 3.06. The highest BCUT2D eigenvalue weighted by atomic mass is 19.4. The van der Waals surface area contributed by atoms with Crippen LogP contribution in [0.25, 0.3) is 0 Å². The first-order valence-electron chi connectivity index (χ1n) is 7.06. The standard InChI is InChI=1S/C17H13F4NO/c18-13-5-1-11(2-6-13)16(9-10-16)15(23)22-14-7-3-12(4-8-14)17(19,20)21/h1-8H,9-10H2,(H,22,23). The molecule has 1 N–H and O–H groups in total.